The standard InChI is InChI=1S/C15H23NO2S/c1-4-16-15(11-5-6-19-10-11)12-7-13(17-2)9-14(8-12)18-3/h7-9,11,15-16H,4-6,10H2,1-3H3. The van der Waals surface area contributed by atoms with E-state index in [1.807, 2.05) is 17.8 Å². The fraction of sp³-hybridized carbons (Fsp3) is 0.600. The van der Waals surface area contributed by atoms with Gasteiger partial charge in [-0.1, -0.05) is 6.92 Å². The summed E-state index contributed by atoms with van der Waals surface area (Å²) in [4.78, 5) is 0. The molecule has 2 rings (SSSR count). The predicted octanol–water partition coefficient (Wildman–Crippen LogP) is 3.11. The average molecular weight is 281 g/mol. The quantitative estimate of drug-likeness (QED) is 0.868. The van der Waals surface area contributed by atoms with Crippen molar-refractivity contribution in [3.8, 4) is 11.5 Å². The highest BCUT2D eigenvalue weighted by molar-refractivity contribution is 7.99. The summed E-state index contributed by atoms with van der Waals surface area (Å²) in [5, 5.41) is 3.62. The summed E-state index contributed by atoms with van der Waals surface area (Å²) in [5.74, 6) is 4.93. The van der Waals surface area contributed by atoms with Crippen molar-refractivity contribution >= 4 is 11.8 Å². The van der Waals surface area contributed by atoms with Crippen LogP contribution in [0.2, 0.25) is 0 Å². The first-order chi connectivity index (χ1) is 9.28. The molecule has 1 saturated heterocycles. The smallest absolute Gasteiger partial charge is 0.122 e. The van der Waals surface area contributed by atoms with Gasteiger partial charge in [0.05, 0.1) is 14.2 Å². The van der Waals surface area contributed by atoms with E-state index in [1.165, 1.54) is 23.5 Å². The summed E-state index contributed by atoms with van der Waals surface area (Å²) in [7, 11) is 3.40. The monoisotopic (exact) mass is 281 g/mol. The summed E-state index contributed by atoms with van der Waals surface area (Å²) in [6.07, 6.45) is 1.28. The summed E-state index contributed by atoms with van der Waals surface area (Å²) in [6.45, 7) is 3.14. The number of ether oxygens (including phenoxy) is 2. The third-order valence-corrected chi connectivity index (χ3v) is 4.78. The first kappa shape index (κ1) is 14.5. The van der Waals surface area contributed by atoms with Gasteiger partial charge >= 0.3 is 0 Å². The number of hydrogen-bond acceptors (Lipinski definition) is 4. The molecule has 1 aromatic rings. The van der Waals surface area contributed by atoms with Gasteiger partial charge in [-0.05, 0) is 48.1 Å². The van der Waals surface area contributed by atoms with Crippen LogP contribution in [0, 0.1) is 5.92 Å². The van der Waals surface area contributed by atoms with Crippen LogP contribution in [0.5, 0.6) is 11.5 Å². The van der Waals surface area contributed by atoms with Gasteiger partial charge in [-0.3, -0.25) is 0 Å². The van der Waals surface area contributed by atoms with Crippen molar-refractivity contribution in [3.05, 3.63) is 23.8 Å². The van der Waals surface area contributed by atoms with Crippen molar-refractivity contribution in [1.82, 2.24) is 5.32 Å². The van der Waals surface area contributed by atoms with Gasteiger partial charge in [0.15, 0.2) is 0 Å². The van der Waals surface area contributed by atoms with Crippen LogP contribution in [0.15, 0.2) is 18.2 Å². The van der Waals surface area contributed by atoms with Crippen molar-refractivity contribution in [2.45, 2.75) is 19.4 Å². The van der Waals surface area contributed by atoms with Crippen LogP contribution in [0.4, 0.5) is 0 Å². The lowest BCUT2D eigenvalue weighted by Crippen LogP contribution is -2.28. The first-order valence-electron chi connectivity index (χ1n) is 6.82. The molecular formula is C15H23NO2S. The van der Waals surface area contributed by atoms with E-state index in [4.69, 9.17) is 9.47 Å². The molecule has 1 aromatic carbocycles. The van der Waals surface area contributed by atoms with E-state index in [1.54, 1.807) is 14.2 Å². The van der Waals surface area contributed by atoms with Crippen molar-refractivity contribution in [1.29, 1.82) is 0 Å². The average Bonchev–Trinajstić information content (AvgIpc) is 2.97. The lowest BCUT2D eigenvalue weighted by atomic mass is 9.92. The molecule has 19 heavy (non-hydrogen) atoms. The molecule has 4 heteroatoms. The Kier molecular flexibility index (Phi) is 5.40. The molecular weight excluding hydrogens is 258 g/mol. The van der Waals surface area contributed by atoms with Gasteiger partial charge in [-0.15, -0.1) is 0 Å². The van der Waals surface area contributed by atoms with Gasteiger partial charge < -0.3 is 14.8 Å². The van der Waals surface area contributed by atoms with Gasteiger partial charge in [0, 0.05) is 12.1 Å². The van der Waals surface area contributed by atoms with Gasteiger partial charge in [-0.2, -0.15) is 11.8 Å². The molecule has 1 heterocycles. The summed E-state index contributed by atoms with van der Waals surface area (Å²) in [5.41, 5.74) is 1.27. The Hall–Kier alpha value is -0.870. The van der Waals surface area contributed by atoms with Crippen LogP contribution in [0.1, 0.15) is 24.9 Å². The van der Waals surface area contributed by atoms with Crippen molar-refractivity contribution in [2.24, 2.45) is 5.92 Å². The van der Waals surface area contributed by atoms with Crippen LogP contribution < -0.4 is 14.8 Å². The second-order valence-corrected chi connectivity index (χ2v) is 5.95. The minimum absolute atomic E-state index is 0.393. The minimum Gasteiger partial charge on any atom is -0.497 e. The second kappa shape index (κ2) is 7.06. The molecule has 1 aliphatic heterocycles. The van der Waals surface area contributed by atoms with E-state index < -0.39 is 0 Å². The molecule has 0 radical (unpaired) electrons. The first-order valence-corrected chi connectivity index (χ1v) is 7.98. The lowest BCUT2D eigenvalue weighted by Gasteiger charge is -2.25. The Morgan fingerprint density at radius 1 is 1.26 bits per heavy atom. The molecule has 0 bridgehead atoms. The number of methoxy groups -OCH3 is 2. The highest BCUT2D eigenvalue weighted by Crippen LogP contribution is 2.36. The minimum atomic E-state index is 0.393. The zero-order chi connectivity index (χ0) is 13.7. The molecule has 0 amide bonds. The fourth-order valence-corrected chi connectivity index (χ4v) is 3.90. The van der Waals surface area contributed by atoms with E-state index in [2.05, 4.69) is 24.4 Å². The SMILES string of the molecule is CCNC(c1cc(OC)cc(OC)c1)C1CCSC1. The van der Waals surface area contributed by atoms with Crippen LogP contribution in [-0.2, 0) is 0 Å². The van der Waals surface area contributed by atoms with Crippen molar-refractivity contribution in [3.63, 3.8) is 0 Å². The van der Waals surface area contributed by atoms with Crippen LogP contribution in [0.3, 0.4) is 0 Å². The molecule has 1 aliphatic rings. The van der Waals surface area contributed by atoms with E-state index in [0.717, 1.165) is 18.0 Å². The number of benzene rings is 1. The van der Waals surface area contributed by atoms with Gasteiger partial charge in [-0.25, -0.2) is 0 Å². The van der Waals surface area contributed by atoms with Crippen LogP contribution in [0.25, 0.3) is 0 Å². The third-order valence-electron chi connectivity index (χ3n) is 3.59. The van der Waals surface area contributed by atoms with Crippen molar-refractivity contribution < 1.29 is 9.47 Å². The Morgan fingerprint density at radius 3 is 2.42 bits per heavy atom. The third kappa shape index (κ3) is 3.57. The Labute approximate surface area is 120 Å². The molecule has 106 valence electrons. The van der Waals surface area contributed by atoms with Gasteiger partial charge in [0.2, 0.25) is 0 Å². The molecule has 3 nitrogen and oxygen atoms in total. The maximum atomic E-state index is 5.38. The molecule has 1 N–H and O–H groups in total. The summed E-state index contributed by atoms with van der Waals surface area (Å²) < 4.78 is 10.8. The molecule has 0 aromatic heterocycles. The number of rotatable bonds is 6. The largest absolute Gasteiger partial charge is 0.497 e. The number of thioether (sulfide) groups is 1. The molecule has 0 saturated carbocycles. The van der Waals surface area contributed by atoms with E-state index in [9.17, 15) is 0 Å². The highest BCUT2D eigenvalue weighted by Gasteiger charge is 2.26. The summed E-state index contributed by atoms with van der Waals surface area (Å²) >= 11 is 2.05. The fourth-order valence-electron chi connectivity index (χ4n) is 2.60. The Morgan fingerprint density at radius 2 is 1.95 bits per heavy atom. The summed E-state index contributed by atoms with van der Waals surface area (Å²) in [6, 6.07) is 6.57. The zero-order valence-electron chi connectivity index (χ0n) is 11.9. The molecule has 0 spiro atoms. The highest BCUT2D eigenvalue weighted by atomic mass is 32.2. The Balaban J connectivity index is 2.28. The zero-order valence-corrected chi connectivity index (χ0v) is 12.8. The van der Waals surface area contributed by atoms with E-state index >= 15 is 0 Å². The normalized spacial score (nSPS) is 20.3. The van der Waals surface area contributed by atoms with Crippen LogP contribution >= 0.6 is 11.8 Å². The van der Waals surface area contributed by atoms with Gasteiger partial charge in [0.1, 0.15) is 11.5 Å². The van der Waals surface area contributed by atoms with Crippen molar-refractivity contribution in [2.75, 3.05) is 32.3 Å². The topological polar surface area (TPSA) is 30.5 Å². The Bertz CT molecular complexity index is 383. The maximum Gasteiger partial charge on any atom is 0.122 e. The second-order valence-electron chi connectivity index (χ2n) is 4.81. The molecule has 0 aliphatic carbocycles. The van der Waals surface area contributed by atoms with E-state index in [0.29, 0.717) is 12.0 Å². The lowest BCUT2D eigenvalue weighted by molar-refractivity contribution is 0.378. The predicted molar refractivity (Wildman–Crippen MR) is 81.4 cm³/mol. The number of hydrogen-bond donors (Lipinski definition) is 1. The number of nitrogens with one attached hydrogen (secondary N) is 1. The van der Waals surface area contributed by atoms with Crippen LogP contribution in [-0.4, -0.2) is 32.3 Å². The van der Waals surface area contributed by atoms with E-state index in [-0.39, 0.29) is 0 Å². The maximum absolute atomic E-state index is 5.38. The van der Waals surface area contributed by atoms with Gasteiger partial charge in [0.25, 0.3) is 0 Å². The molecule has 2 unspecified atom stereocenters. The molecule has 2 atom stereocenters. The molecule has 1 fully saturated rings.